The summed E-state index contributed by atoms with van der Waals surface area (Å²) in [5.74, 6) is -1.76. The molecule has 1 amide bonds. The highest BCUT2D eigenvalue weighted by molar-refractivity contribution is 6.14. The van der Waals surface area contributed by atoms with Crippen molar-refractivity contribution >= 4 is 34.4 Å². The molecule has 0 aliphatic carbocycles. The summed E-state index contributed by atoms with van der Waals surface area (Å²) in [5, 5.41) is 3.16. The molecule has 1 heterocycles. The first-order chi connectivity index (χ1) is 12.4. The smallest absolute Gasteiger partial charge is 0.337 e. The van der Waals surface area contributed by atoms with Gasteiger partial charge < -0.3 is 10.1 Å². The molecule has 1 aromatic heterocycles. The van der Waals surface area contributed by atoms with E-state index in [4.69, 9.17) is 0 Å². The lowest BCUT2D eigenvalue weighted by Gasteiger charge is -2.05. The first-order valence-electron chi connectivity index (χ1n) is 7.72. The van der Waals surface area contributed by atoms with Gasteiger partial charge in [0, 0.05) is 24.2 Å². The minimum Gasteiger partial charge on any atom is -0.465 e. The van der Waals surface area contributed by atoms with Gasteiger partial charge in [0.2, 0.25) is 5.91 Å². The van der Waals surface area contributed by atoms with Crippen molar-refractivity contribution in [3.63, 3.8) is 0 Å². The molecule has 0 saturated carbocycles. The van der Waals surface area contributed by atoms with Crippen LogP contribution in [0.5, 0.6) is 0 Å². The second kappa shape index (κ2) is 6.79. The van der Waals surface area contributed by atoms with Crippen LogP contribution in [0.15, 0.2) is 48.7 Å². The van der Waals surface area contributed by atoms with E-state index in [0.29, 0.717) is 22.2 Å². The summed E-state index contributed by atoms with van der Waals surface area (Å²) in [6, 6.07) is 10.1. The number of fused-ring (bicyclic) bond motifs is 1. The summed E-state index contributed by atoms with van der Waals surface area (Å²) in [6.45, 7) is 1.33. The maximum absolute atomic E-state index is 13.5. The third kappa shape index (κ3) is 3.19. The van der Waals surface area contributed by atoms with Gasteiger partial charge in [0.1, 0.15) is 5.82 Å². The van der Waals surface area contributed by atoms with E-state index in [1.807, 2.05) is 0 Å². The van der Waals surface area contributed by atoms with E-state index in [9.17, 15) is 18.8 Å². The number of benzene rings is 2. The number of hydrogen-bond acceptors (Lipinski definition) is 4. The number of methoxy groups -OCH3 is 1. The summed E-state index contributed by atoms with van der Waals surface area (Å²) in [5.41, 5.74) is 1.39. The first-order valence-corrected chi connectivity index (χ1v) is 7.72. The van der Waals surface area contributed by atoms with Gasteiger partial charge in [-0.05, 0) is 42.5 Å². The maximum atomic E-state index is 13.5. The summed E-state index contributed by atoms with van der Waals surface area (Å²) >= 11 is 0. The second-order valence-electron chi connectivity index (χ2n) is 5.62. The van der Waals surface area contributed by atoms with Crippen LogP contribution in [-0.4, -0.2) is 29.5 Å². The molecule has 0 aliphatic heterocycles. The van der Waals surface area contributed by atoms with Crippen molar-refractivity contribution in [1.82, 2.24) is 4.57 Å². The van der Waals surface area contributed by atoms with Gasteiger partial charge in [-0.3, -0.25) is 14.2 Å². The molecule has 1 N–H and O–H groups in total. The van der Waals surface area contributed by atoms with Crippen LogP contribution in [0.2, 0.25) is 0 Å². The molecule has 0 bridgehead atoms. The lowest BCUT2D eigenvalue weighted by atomic mass is 10.1. The molecule has 0 fully saturated rings. The molecular formula is C19H15FN2O4. The number of amides is 1. The molecule has 26 heavy (non-hydrogen) atoms. The molecule has 2 aromatic carbocycles. The predicted octanol–water partition coefficient (Wildman–Crippen LogP) is 3.48. The van der Waals surface area contributed by atoms with Crippen molar-refractivity contribution in [2.45, 2.75) is 6.92 Å². The van der Waals surface area contributed by atoms with Crippen LogP contribution in [0.3, 0.4) is 0 Å². The molecule has 3 rings (SSSR count). The Balaban J connectivity index is 1.93. The third-order valence-corrected chi connectivity index (χ3v) is 3.92. The zero-order valence-electron chi connectivity index (χ0n) is 14.1. The van der Waals surface area contributed by atoms with Crippen LogP contribution in [0.1, 0.15) is 32.4 Å². The fourth-order valence-electron chi connectivity index (χ4n) is 2.65. The Morgan fingerprint density at radius 2 is 1.77 bits per heavy atom. The van der Waals surface area contributed by atoms with Gasteiger partial charge in [0.25, 0.3) is 5.91 Å². The van der Waals surface area contributed by atoms with Crippen LogP contribution in [0, 0.1) is 5.82 Å². The van der Waals surface area contributed by atoms with E-state index in [2.05, 4.69) is 10.1 Å². The molecule has 0 atom stereocenters. The number of rotatable bonds is 3. The largest absolute Gasteiger partial charge is 0.465 e. The molecule has 0 radical (unpaired) electrons. The maximum Gasteiger partial charge on any atom is 0.337 e. The molecule has 0 unspecified atom stereocenters. The van der Waals surface area contributed by atoms with Gasteiger partial charge in [-0.2, -0.15) is 0 Å². The minimum absolute atomic E-state index is 0.243. The number of hydrogen-bond donors (Lipinski definition) is 1. The number of aromatic nitrogens is 1. The zero-order valence-corrected chi connectivity index (χ0v) is 14.1. The van der Waals surface area contributed by atoms with Crippen molar-refractivity contribution in [3.05, 3.63) is 65.6 Å². The topological polar surface area (TPSA) is 77.4 Å². The van der Waals surface area contributed by atoms with Gasteiger partial charge >= 0.3 is 5.97 Å². The third-order valence-electron chi connectivity index (χ3n) is 3.92. The van der Waals surface area contributed by atoms with Crippen LogP contribution in [0.4, 0.5) is 10.1 Å². The number of nitrogens with one attached hydrogen (secondary N) is 1. The SMILES string of the molecule is COC(=O)c1ccc(NC(=O)c2cn(C(C)=O)c3cc(F)ccc23)cc1. The van der Waals surface area contributed by atoms with E-state index < -0.39 is 17.7 Å². The van der Waals surface area contributed by atoms with Gasteiger partial charge in [-0.25, -0.2) is 9.18 Å². The average Bonchev–Trinajstić information content (AvgIpc) is 3.00. The Kier molecular flexibility index (Phi) is 4.53. The molecular weight excluding hydrogens is 339 g/mol. The number of anilines is 1. The van der Waals surface area contributed by atoms with Crippen LogP contribution >= 0.6 is 0 Å². The molecule has 0 spiro atoms. The normalized spacial score (nSPS) is 10.6. The van der Waals surface area contributed by atoms with Gasteiger partial charge in [-0.15, -0.1) is 0 Å². The van der Waals surface area contributed by atoms with Crippen molar-refractivity contribution in [2.75, 3.05) is 12.4 Å². The highest BCUT2D eigenvalue weighted by Gasteiger charge is 2.17. The van der Waals surface area contributed by atoms with Crippen molar-refractivity contribution in [1.29, 1.82) is 0 Å². The van der Waals surface area contributed by atoms with Crippen molar-refractivity contribution in [2.24, 2.45) is 0 Å². The van der Waals surface area contributed by atoms with E-state index in [-0.39, 0.29) is 11.5 Å². The molecule has 0 saturated heterocycles. The number of nitrogens with zero attached hydrogens (tertiary/aromatic N) is 1. The Hall–Kier alpha value is -3.48. The molecule has 7 heteroatoms. The lowest BCUT2D eigenvalue weighted by Crippen LogP contribution is -2.12. The van der Waals surface area contributed by atoms with Crippen molar-refractivity contribution in [3.8, 4) is 0 Å². The molecule has 3 aromatic rings. The Bertz CT molecular complexity index is 1020. The number of carbonyl (C=O) groups excluding carboxylic acids is 3. The highest BCUT2D eigenvalue weighted by atomic mass is 19.1. The van der Waals surface area contributed by atoms with Crippen LogP contribution in [-0.2, 0) is 4.74 Å². The van der Waals surface area contributed by atoms with E-state index in [0.717, 1.165) is 0 Å². The highest BCUT2D eigenvalue weighted by Crippen LogP contribution is 2.24. The quantitative estimate of drug-likeness (QED) is 0.731. The van der Waals surface area contributed by atoms with Gasteiger partial charge in [0.05, 0.1) is 23.8 Å². The van der Waals surface area contributed by atoms with E-state index >= 15 is 0 Å². The Labute approximate surface area is 148 Å². The summed E-state index contributed by atoms with van der Waals surface area (Å²) in [7, 11) is 1.28. The van der Waals surface area contributed by atoms with Crippen LogP contribution in [0.25, 0.3) is 10.9 Å². The molecule has 132 valence electrons. The summed E-state index contributed by atoms with van der Waals surface area (Å²) in [6.07, 6.45) is 1.38. The molecule has 6 nitrogen and oxygen atoms in total. The number of halogens is 1. The van der Waals surface area contributed by atoms with E-state index in [1.54, 1.807) is 12.1 Å². The lowest BCUT2D eigenvalue weighted by molar-refractivity contribution is 0.0600. The van der Waals surface area contributed by atoms with E-state index in [1.165, 1.54) is 55.1 Å². The second-order valence-corrected chi connectivity index (χ2v) is 5.62. The van der Waals surface area contributed by atoms with Crippen LogP contribution < -0.4 is 5.32 Å². The zero-order chi connectivity index (χ0) is 18.8. The standard InChI is InChI=1S/C19H15FN2O4/c1-11(23)22-10-16(15-8-5-13(20)9-17(15)22)18(24)21-14-6-3-12(4-7-14)19(25)26-2/h3-10H,1-2H3,(H,21,24). The van der Waals surface area contributed by atoms with Crippen molar-refractivity contribution < 1.29 is 23.5 Å². The summed E-state index contributed by atoms with van der Waals surface area (Å²) in [4.78, 5) is 35.8. The first kappa shape index (κ1) is 17.3. The monoisotopic (exact) mass is 354 g/mol. The summed E-state index contributed by atoms with van der Waals surface area (Å²) < 4.78 is 19.4. The fraction of sp³-hybridized carbons (Fsp3) is 0.105. The van der Waals surface area contributed by atoms with Gasteiger partial charge in [-0.1, -0.05) is 0 Å². The number of carbonyl (C=O) groups is 3. The minimum atomic E-state index is -0.497. The number of esters is 1. The Morgan fingerprint density at radius 3 is 2.38 bits per heavy atom. The number of ether oxygens (including phenoxy) is 1. The predicted molar refractivity (Wildman–Crippen MR) is 93.9 cm³/mol. The molecule has 0 aliphatic rings. The average molecular weight is 354 g/mol. The Morgan fingerprint density at radius 1 is 1.08 bits per heavy atom. The van der Waals surface area contributed by atoms with Gasteiger partial charge in [0.15, 0.2) is 0 Å². The fourth-order valence-corrected chi connectivity index (χ4v) is 2.65.